The van der Waals surface area contributed by atoms with Crippen molar-refractivity contribution < 1.29 is 37.3 Å². The molecular weight excluding hydrogens is 595 g/mol. The number of benzene rings is 3. The van der Waals surface area contributed by atoms with E-state index in [9.17, 15) is 27.9 Å². The Hall–Kier alpha value is -3.74. The Morgan fingerprint density at radius 3 is 2.36 bits per heavy atom. The van der Waals surface area contributed by atoms with Gasteiger partial charge in [-0.1, -0.05) is 56.3 Å². The number of cyclic esters (lactones) is 1. The number of rotatable bonds is 13. The van der Waals surface area contributed by atoms with Gasteiger partial charge in [-0.05, 0) is 66.2 Å². The SMILES string of the molecule is COc1ccc(SN(CC(C)C)CC(O)C(Cc2ccccc2)NC(=O)C2CN(c3ccccc3C(F)(F)F)C(=O)O2)cc1. The van der Waals surface area contributed by atoms with Gasteiger partial charge in [0.25, 0.3) is 5.91 Å². The molecule has 1 aliphatic rings. The molecule has 3 aromatic carbocycles. The van der Waals surface area contributed by atoms with Crippen LogP contribution in [-0.2, 0) is 22.1 Å². The van der Waals surface area contributed by atoms with Gasteiger partial charge >= 0.3 is 12.3 Å². The maximum absolute atomic E-state index is 13.6. The number of carbonyl (C=O) groups excluding carboxylic acids is 2. The summed E-state index contributed by atoms with van der Waals surface area (Å²) in [6.07, 6.45) is -7.88. The number of carbonyl (C=O) groups is 2. The quantitative estimate of drug-likeness (QED) is 0.231. The van der Waals surface area contributed by atoms with Gasteiger partial charge in [0.2, 0.25) is 0 Å². The first-order chi connectivity index (χ1) is 20.9. The van der Waals surface area contributed by atoms with Crippen molar-refractivity contribution >= 4 is 29.6 Å². The molecular formula is C32H36F3N3O5S. The third-order valence-electron chi connectivity index (χ3n) is 6.95. The fraction of sp³-hybridized carbons (Fsp3) is 0.375. The van der Waals surface area contributed by atoms with Crippen LogP contribution in [0.2, 0.25) is 0 Å². The number of ether oxygens (including phenoxy) is 2. The van der Waals surface area contributed by atoms with E-state index in [1.807, 2.05) is 58.9 Å². The van der Waals surface area contributed by atoms with Crippen molar-refractivity contribution in [3.8, 4) is 5.75 Å². The van der Waals surface area contributed by atoms with E-state index in [-0.39, 0.29) is 24.6 Å². The van der Waals surface area contributed by atoms with Crippen LogP contribution in [-0.4, -0.2) is 66.4 Å². The molecule has 3 atom stereocenters. The first-order valence-corrected chi connectivity index (χ1v) is 15.0. The lowest BCUT2D eigenvalue weighted by Gasteiger charge is -2.31. The number of hydrogen-bond donors (Lipinski definition) is 2. The van der Waals surface area contributed by atoms with Gasteiger partial charge in [-0.2, -0.15) is 13.2 Å². The molecule has 3 aromatic rings. The Labute approximate surface area is 259 Å². The molecule has 236 valence electrons. The van der Waals surface area contributed by atoms with Crippen LogP contribution in [0.3, 0.4) is 0 Å². The highest BCUT2D eigenvalue weighted by molar-refractivity contribution is 7.97. The van der Waals surface area contributed by atoms with Crippen molar-refractivity contribution in [3.05, 3.63) is 90.0 Å². The highest BCUT2D eigenvalue weighted by atomic mass is 32.2. The Kier molecular flexibility index (Phi) is 11.2. The third kappa shape index (κ3) is 8.90. The van der Waals surface area contributed by atoms with Crippen LogP contribution in [0.15, 0.2) is 83.8 Å². The van der Waals surface area contributed by atoms with Gasteiger partial charge in [0.05, 0.1) is 37.1 Å². The first-order valence-electron chi connectivity index (χ1n) is 14.2. The van der Waals surface area contributed by atoms with E-state index in [0.29, 0.717) is 6.54 Å². The average molecular weight is 632 g/mol. The van der Waals surface area contributed by atoms with Crippen molar-refractivity contribution in [2.24, 2.45) is 5.92 Å². The van der Waals surface area contributed by atoms with E-state index in [2.05, 4.69) is 19.2 Å². The molecule has 1 aliphatic heterocycles. The van der Waals surface area contributed by atoms with E-state index in [1.165, 1.54) is 24.1 Å². The molecule has 2 N–H and O–H groups in total. The van der Waals surface area contributed by atoms with E-state index >= 15 is 0 Å². The monoisotopic (exact) mass is 631 g/mol. The van der Waals surface area contributed by atoms with Gasteiger partial charge in [0, 0.05) is 18.0 Å². The summed E-state index contributed by atoms with van der Waals surface area (Å²) in [6.45, 7) is 4.57. The van der Waals surface area contributed by atoms with Gasteiger partial charge < -0.3 is 19.9 Å². The summed E-state index contributed by atoms with van der Waals surface area (Å²) in [7, 11) is 1.59. The fourth-order valence-electron chi connectivity index (χ4n) is 4.85. The lowest BCUT2D eigenvalue weighted by atomic mass is 10.0. The molecule has 0 radical (unpaired) electrons. The second-order valence-electron chi connectivity index (χ2n) is 10.9. The van der Waals surface area contributed by atoms with Crippen LogP contribution in [0.25, 0.3) is 0 Å². The molecule has 0 bridgehead atoms. The van der Waals surface area contributed by atoms with E-state index in [1.54, 1.807) is 7.11 Å². The van der Waals surface area contributed by atoms with Crippen molar-refractivity contribution in [1.29, 1.82) is 0 Å². The zero-order valence-corrected chi connectivity index (χ0v) is 25.5. The van der Waals surface area contributed by atoms with E-state index in [0.717, 1.165) is 33.2 Å². The zero-order valence-electron chi connectivity index (χ0n) is 24.7. The van der Waals surface area contributed by atoms with Crippen molar-refractivity contribution in [2.45, 2.75) is 49.6 Å². The minimum atomic E-state index is -4.70. The molecule has 1 fully saturated rings. The molecule has 1 heterocycles. The molecule has 0 aromatic heterocycles. The van der Waals surface area contributed by atoms with E-state index < -0.39 is 48.5 Å². The molecule has 4 rings (SSSR count). The number of hydrogen-bond acceptors (Lipinski definition) is 7. The molecule has 44 heavy (non-hydrogen) atoms. The maximum Gasteiger partial charge on any atom is 0.418 e. The summed E-state index contributed by atoms with van der Waals surface area (Å²) in [4.78, 5) is 27.8. The number of aliphatic hydroxyl groups excluding tert-OH is 1. The third-order valence-corrected chi connectivity index (χ3v) is 7.99. The molecule has 0 saturated carbocycles. The fourth-order valence-corrected chi connectivity index (χ4v) is 6.01. The maximum atomic E-state index is 13.6. The van der Waals surface area contributed by atoms with E-state index in [4.69, 9.17) is 9.47 Å². The van der Waals surface area contributed by atoms with Crippen LogP contribution in [0, 0.1) is 5.92 Å². The number of alkyl halides is 3. The largest absolute Gasteiger partial charge is 0.497 e. The number of para-hydroxylation sites is 1. The van der Waals surface area contributed by atoms with Gasteiger partial charge in [-0.3, -0.25) is 9.69 Å². The zero-order chi connectivity index (χ0) is 31.9. The number of nitrogens with zero attached hydrogens (tertiary/aromatic N) is 2. The lowest BCUT2D eigenvalue weighted by molar-refractivity contribution is -0.137. The second-order valence-corrected chi connectivity index (χ2v) is 12.0. The van der Waals surface area contributed by atoms with Crippen LogP contribution in [0.5, 0.6) is 5.75 Å². The number of halogens is 3. The molecule has 12 heteroatoms. The molecule has 2 amide bonds. The Morgan fingerprint density at radius 1 is 1.07 bits per heavy atom. The predicted octanol–water partition coefficient (Wildman–Crippen LogP) is 5.79. The standard InChI is InChI=1S/C32H36F3N3O5S/c1-21(2)18-37(44-24-15-13-23(42-3)14-16-24)19-28(39)26(17-22-9-5-4-6-10-22)36-30(40)29-20-38(31(41)43-29)27-12-8-7-11-25(27)32(33,34)35/h4-16,21,26,28-29,39H,17-20H2,1-3H3,(H,36,40). The minimum absolute atomic E-state index is 0.197. The summed E-state index contributed by atoms with van der Waals surface area (Å²) < 4.78 is 53.3. The lowest BCUT2D eigenvalue weighted by Crippen LogP contribution is -2.52. The van der Waals surface area contributed by atoms with Crippen LogP contribution in [0.4, 0.5) is 23.7 Å². The summed E-state index contributed by atoms with van der Waals surface area (Å²) in [5.74, 6) is 0.297. The Morgan fingerprint density at radius 2 is 1.73 bits per heavy atom. The van der Waals surface area contributed by atoms with Crippen LogP contribution in [0.1, 0.15) is 25.0 Å². The smallest absolute Gasteiger partial charge is 0.418 e. The van der Waals surface area contributed by atoms with Crippen molar-refractivity contribution in [1.82, 2.24) is 9.62 Å². The molecule has 0 aliphatic carbocycles. The highest BCUT2D eigenvalue weighted by Crippen LogP contribution is 2.38. The van der Waals surface area contributed by atoms with Crippen LogP contribution < -0.4 is 15.0 Å². The Balaban J connectivity index is 1.50. The van der Waals surface area contributed by atoms with Gasteiger partial charge in [-0.15, -0.1) is 0 Å². The average Bonchev–Trinajstić information content (AvgIpc) is 3.38. The number of aliphatic hydroxyl groups is 1. The van der Waals surface area contributed by atoms with Crippen molar-refractivity contribution in [3.63, 3.8) is 0 Å². The van der Waals surface area contributed by atoms with Crippen molar-refractivity contribution in [2.75, 3.05) is 31.6 Å². The summed E-state index contributed by atoms with van der Waals surface area (Å²) in [5, 5.41) is 14.3. The topological polar surface area (TPSA) is 91.3 Å². The van der Waals surface area contributed by atoms with Crippen LogP contribution >= 0.6 is 11.9 Å². The molecule has 3 unspecified atom stereocenters. The van der Waals surface area contributed by atoms with Gasteiger partial charge in [-0.25, -0.2) is 9.10 Å². The minimum Gasteiger partial charge on any atom is -0.497 e. The number of amides is 2. The van der Waals surface area contributed by atoms with Gasteiger partial charge in [0.1, 0.15) is 5.75 Å². The predicted molar refractivity (Wildman–Crippen MR) is 162 cm³/mol. The Bertz CT molecular complexity index is 1390. The molecule has 1 saturated heterocycles. The number of methoxy groups -OCH3 is 1. The molecule has 8 nitrogen and oxygen atoms in total. The summed E-state index contributed by atoms with van der Waals surface area (Å²) >= 11 is 1.47. The number of nitrogens with one attached hydrogen (secondary N) is 1. The number of anilines is 1. The molecule has 0 spiro atoms. The normalized spacial score (nSPS) is 16.6. The van der Waals surface area contributed by atoms with Gasteiger partial charge in [0.15, 0.2) is 6.10 Å². The summed E-state index contributed by atoms with van der Waals surface area (Å²) in [5.41, 5.74) is -0.532. The summed E-state index contributed by atoms with van der Waals surface area (Å²) in [6, 6.07) is 20.7. The highest BCUT2D eigenvalue weighted by Gasteiger charge is 2.42. The second kappa shape index (κ2) is 14.8. The first kappa shape index (κ1) is 33.2.